The Labute approximate surface area is 121 Å². The van der Waals surface area contributed by atoms with Crippen LogP contribution in [0.5, 0.6) is 11.5 Å². The van der Waals surface area contributed by atoms with Gasteiger partial charge < -0.3 is 14.0 Å². The van der Waals surface area contributed by atoms with Crippen LogP contribution >= 0.6 is 0 Å². The quantitative estimate of drug-likeness (QED) is 0.913. The summed E-state index contributed by atoms with van der Waals surface area (Å²) in [6.45, 7) is 0.180. The molecule has 2 aliphatic rings. The summed E-state index contributed by atoms with van der Waals surface area (Å²) in [7, 11) is 0. The van der Waals surface area contributed by atoms with Crippen molar-refractivity contribution in [1.29, 1.82) is 0 Å². The van der Waals surface area contributed by atoms with Crippen molar-refractivity contribution in [2.45, 2.75) is 25.4 Å². The average Bonchev–Trinajstić information content (AvgIpc) is 3.12. The molecule has 2 heterocycles. The molecule has 108 valence electrons. The first kappa shape index (κ1) is 12.3. The summed E-state index contributed by atoms with van der Waals surface area (Å²) in [5, 5.41) is 6.72. The third-order valence-electron chi connectivity index (χ3n) is 3.75. The van der Waals surface area contributed by atoms with E-state index in [1.54, 1.807) is 6.07 Å². The summed E-state index contributed by atoms with van der Waals surface area (Å²) in [5.41, 5.74) is 1.94. The summed E-state index contributed by atoms with van der Waals surface area (Å²) in [4.78, 5) is 12.3. The highest BCUT2D eigenvalue weighted by atomic mass is 16.6. The minimum absolute atomic E-state index is 0.180. The van der Waals surface area contributed by atoms with Crippen molar-refractivity contribution in [3.05, 3.63) is 35.5 Å². The van der Waals surface area contributed by atoms with E-state index in [1.807, 2.05) is 18.2 Å². The van der Waals surface area contributed by atoms with Crippen molar-refractivity contribution in [3.8, 4) is 11.5 Å². The van der Waals surface area contributed by atoms with Crippen LogP contribution in [-0.4, -0.2) is 23.8 Å². The van der Waals surface area contributed by atoms with E-state index in [0.717, 1.165) is 30.5 Å². The molecule has 1 N–H and O–H groups in total. The van der Waals surface area contributed by atoms with Crippen molar-refractivity contribution in [3.63, 3.8) is 0 Å². The lowest BCUT2D eigenvalue weighted by atomic mass is 10.2. The van der Waals surface area contributed by atoms with Crippen molar-refractivity contribution < 1.29 is 18.8 Å². The molecule has 0 fully saturated rings. The van der Waals surface area contributed by atoms with E-state index in [4.69, 9.17) is 14.0 Å². The van der Waals surface area contributed by atoms with Gasteiger partial charge in [-0.3, -0.25) is 10.1 Å². The predicted octanol–water partition coefficient (Wildman–Crippen LogP) is 1.94. The number of carbonyl (C=O) groups is 1. The number of benzene rings is 1. The van der Waals surface area contributed by atoms with Gasteiger partial charge in [-0.05, 0) is 31.4 Å². The molecule has 1 amide bonds. The van der Waals surface area contributed by atoms with Gasteiger partial charge in [-0.2, -0.15) is 0 Å². The molecule has 6 heteroatoms. The Morgan fingerprint density at radius 1 is 1.24 bits per heavy atom. The second-order valence-electron chi connectivity index (χ2n) is 5.14. The SMILES string of the molecule is O=C(Nc1onc2c1CCC2)C1COc2ccccc2O1. The number of carbonyl (C=O) groups excluding carboxylic acids is 1. The standard InChI is InChI=1S/C15H14N2O4/c18-14(16-15-9-4-3-5-10(9)17-21-15)13-8-19-11-6-1-2-7-12(11)20-13/h1-2,6-7,13H,3-5,8H2,(H,16,18). The van der Waals surface area contributed by atoms with Crippen LogP contribution in [0.15, 0.2) is 28.8 Å². The molecule has 21 heavy (non-hydrogen) atoms. The summed E-state index contributed by atoms with van der Waals surface area (Å²) in [6, 6.07) is 7.29. The molecular formula is C15H14N2O4. The minimum atomic E-state index is -0.693. The Bertz CT molecular complexity index is 695. The molecule has 0 spiro atoms. The molecule has 4 rings (SSSR count). The van der Waals surface area contributed by atoms with Gasteiger partial charge in [0.15, 0.2) is 11.5 Å². The van der Waals surface area contributed by atoms with Gasteiger partial charge in [0, 0.05) is 5.56 Å². The second-order valence-corrected chi connectivity index (χ2v) is 5.14. The molecule has 0 radical (unpaired) electrons. The lowest BCUT2D eigenvalue weighted by Crippen LogP contribution is -2.40. The van der Waals surface area contributed by atoms with Gasteiger partial charge in [-0.15, -0.1) is 0 Å². The number of fused-ring (bicyclic) bond motifs is 2. The normalized spacial score (nSPS) is 19.1. The molecule has 1 aliphatic carbocycles. The zero-order valence-corrected chi connectivity index (χ0v) is 11.3. The third-order valence-corrected chi connectivity index (χ3v) is 3.75. The lowest BCUT2D eigenvalue weighted by Gasteiger charge is -2.25. The van der Waals surface area contributed by atoms with E-state index in [9.17, 15) is 4.79 Å². The maximum Gasteiger partial charge on any atom is 0.271 e. The zero-order valence-electron chi connectivity index (χ0n) is 11.3. The van der Waals surface area contributed by atoms with Gasteiger partial charge in [-0.25, -0.2) is 0 Å². The highest BCUT2D eigenvalue weighted by molar-refractivity contribution is 5.94. The number of hydrogen-bond donors (Lipinski definition) is 1. The number of anilines is 1. The molecule has 0 bridgehead atoms. The van der Waals surface area contributed by atoms with Crippen LogP contribution in [0.3, 0.4) is 0 Å². The molecule has 0 saturated carbocycles. The Balaban J connectivity index is 1.49. The number of amides is 1. The van der Waals surface area contributed by atoms with Crippen molar-refractivity contribution in [1.82, 2.24) is 5.16 Å². The summed E-state index contributed by atoms with van der Waals surface area (Å²) >= 11 is 0. The fourth-order valence-electron chi connectivity index (χ4n) is 2.67. The van der Waals surface area contributed by atoms with Crippen LogP contribution < -0.4 is 14.8 Å². The van der Waals surface area contributed by atoms with Crippen LogP contribution in [0.1, 0.15) is 17.7 Å². The number of ether oxygens (including phenoxy) is 2. The lowest BCUT2D eigenvalue weighted by molar-refractivity contribution is -0.125. The summed E-state index contributed by atoms with van der Waals surface area (Å²) in [6.07, 6.45) is 2.15. The number of nitrogens with one attached hydrogen (secondary N) is 1. The summed E-state index contributed by atoms with van der Waals surface area (Å²) in [5.74, 6) is 1.39. The first-order valence-electron chi connectivity index (χ1n) is 6.98. The molecule has 1 atom stereocenters. The minimum Gasteiger partial charge on any atom is -0.485 e. The highest BCUT2D eigenvalue weighted by Crippen LogP contribution is 2.32. The van der Waals surface area contributed by atoms with Gasteiger partial charge in [0.05, 0.1) is 5.69 Å². The van der Waals surface area contributed by atoms with Gasteiger partial charge in [0.1, 0.15) is 6.61 Å². The van der Waals surface area contributed by atoms with Crippen LogP contribution in [0.4, 0.5) is 5.88 Å². The monoisotopic (exact) mass is 286 g/mol. The third kappa shape index (κ3) is 2.12. The number of rotatable bonds is 2. The van der Waals surface area contributed by atoms with E-state index < -0.39 is 6.10 Å². The smallest absolute Gasteiger partial charge is 0.271 e. The average molecular weight is 286 g/mol. The topological polar surface area (TPSA) is 73.6 Å². The van der Waals surface area contributed by atoms with Crippen molar-refractivity contribution in [2.75, 3.05) is 11.9 Å². The van der Waals surface area contributed by atoms with Crippen molar-refractivity contribution >= 4 is 11.8 Å². The molecule has 2 aromatic rings. The number of aryl methyl sites for hydroxylation is 1. The number of para-hydroxylation sites is 2. The maximum absolute atomic E-state index is 12.3. The largest absolute Gasteiger partial charge is 0.485 e. The molecule has 1 aromatic carbocycles. The van der Waals surface area contributed by atoms with E-state index in [1.165, 1.54) is 0 Å². The zero-order chi connectivity index (χ0) is 14.2. The molecular weight excluding hydrogens is 272 g/mol. The van der Waals surface area contributed by atoms with Crippen LogP contribution in [0.2, 0.25) is 0 Å². The Kier molecular flexibility index (Phi) is 2.80. The Morgan fingerprint density at radius 3 is 3.00 bits per heavy atom. The fourth-order valence-corrected chi connectivity index (χ4v) is 2.67. The fraction of sp³-hybridized carbons (Fsp3) is 0.333. The van der Waals surface area contributed by atoms with E-state index >= 15 is 0 Å². The van der Waals surface area contributed by atoms with Crippen LogP contribution in [0.25, 0.3) is 0 Å². The van der Waals surface area contributed by atoms with Gasteiger partial charge in [0.2, 0.25) is 12.0 Å². The van der Waals surface area contributed by atoms with Crippen LogP contribution in [-0.2, 0) is 17.6 Å². The summed E-state index contributed by atoms with van der Waals surface area (Å²) < 4.78 is 16.4. The molecule has 1 aromatic heterocycles. The van der Waals surface area contributed by atoms with E-state index in [0.29, 0.717) is 17.4 Å². The highest BCUT2D eigenvalue weighted by Gasteiger charge is 2.30. The predicted molar refractivity (Wildman–Crippen MR) is 73.5 cm³/mol. The first-order valence-corrected chi connectivity index (χ1v) is 6.98. The molecule has 1 aliphatic heterocycles. The number of nitrogens with zero attached hydrogens (tertiary/aromatic N) is 1. The first-order chi connectivity index (χ1) is 10.3. The molecule has 1 unspecified atom stereocenters. The van der Waals surface area contributed by atoms with E-state index in [-0.39, 0.29) is 12.5 Å². The van der Waals surface area contributed by atoms with E-state index in [2.05, 4.69) is 10.5 Å². The van der Waals surface area contributed by atoms with Crippen LogP contribution in [0, 0.1) is 0 Å². The molecule has 6 nitrogen and oxygen atoms in total. The van der Waals surface area contributed by atoms with Crippen molar-refractivity contribution in [2.24, 2.45) is 0 Å². The van der Waals surface area contributed by atoms with Gasteiger partial charge in [0.25, 0.3) is 5.91 Å². The maximum atomic E-state index is 12.3. The van der Waals surface area contributed by atoms with Gasteiger partial charge >= 0.3 is 0 Å². The number of hydrogen-bond acceptors (Lipinski definition) is 5. The number of aromatic nitrogens is 1. The molecule has 0 saturated heterocycles. The Hall–Kier alpha value is -2.50. The van der Waals surface area contributed by atoms with Gasteiger partial charge in [-0.1, -0.05) is 17.3 Å². The second kappa shape index (κ2) is 4.80. The Morgan fingerprint density at radius 2 is 2.10 bits per heavy atom.